The zero-order valence-corrected chi connectivity index (χ0v) is 22.0. The number of aromatic carboxylic acids is 1. The number of aromatic nitrogens is 1. The van der Waals surface area contributed by atoms with Crippen LogP contribution in [0.2, 0.25) is 0 Å². The molecule has 1 aliphatic carbocycles. The van der Waals surface area contributed by atoms with Crippen LogP contribution in [0.5, 0.6) is 5.75 Å². The number of rotatable bonds is 6. The molecule has 2 aromatic carbocycles. The number of carboxylic acid groups (broad SMARTS) is 1. The molecule has 1 aromatic heterocycles. The molecule has 6 rings (SSSR count). The molecule has 39 heavy (non-hydrogen) atoms. The SMILES string of the molecule is COc1c(N2C[C@H]3CCCN(S(=O)(=O)c4ccc(F)cc4)[C@H]3C2)c(F)cc2c(=O)c(C(=O)O)cn(C3CC3)c12. The van der Waals surface area contributed by atoms with Gasteiger partial charge in [0.25, 0.3) is 0 Å². The minimum absolute atomic E-state index is 0.000140. The molecule has 3 heterocycles. The van der Waals surface area contributed by atoms with Crippen LogP contribution in [0.4, 0.5) is 14.5 Å². The van der Waals surface area contributed by atoms with E-state index in [0.29, 0.717) is 25.0 Å². The maximum Gasteiger partial charge on any atom is 0.341 e. The number of carboxylic acids is 1. The number of pyridine rings is 1. The van der Waals surface area contributed by atoms with Gasteiger partial charge in [-0.3, -0.25) is 4.79 Å². The Morgan fingerprint density at radius 2 is 1.82 bits per heavy atom. The van der Waals surface area contributed by atoms with Crippen LogP contribution in [0, 0.1) is 17.6 Å². The monoisotopic (exact) mass is 559 g/mol. The summed E-state index contributed by atoms with van der Waals surface area (Å²) in [5, 5.41) is 9.49. The maximum absolute atomic E-state index is 15.8. The molecule has 1 N–H and O–H groups in total. The first-order valence-corrected chi connectivity index (χ1v) is 14.3. The average Bonchev–Trinajstić information content (AvgIpc) is 3.66. The number of hydrogen-bond acceptors (Lipinski definition) is 6. The maximum atomic E-state index is 15.8. The largest absolute Gasteiger partial charge is 0.492 e. The number of hydrogen-bond donors (Lipinski definition) is 1. The van der Waals surface area contributed by atoms with Gasteiger partial charge < -0.3 is 19.3 Å². The van der Waals surface area contributed by atoms with Crippen LogP contribution in [0.15, 0.2) is 46.2 Å². The molecule has 0 spiro atoms. The number of piperidine rings is 1. The van der Waals surface area contributed by atoms with E-state index in [1.807, 2.05) is 0 Å². The Morgan fingerprint density at radius 1 is 1.10 bits per heavy atom. The Balaban J connectivity index is 1.44. The number of fused-ring (bicyclic) bond motifs is 2. The lowest BCUT2D eigenvalue weighted by molar-refractivity contribution is 0.0694. The van der Waals surface area contributed by atoms with Gasteiger partial charge in [0.1, 0.15) is 17.1 Å². The topological polar surface area (TPSA) is 109 Å². The van der Waals surface area contributed by atoms with Gasteiger partial charge in [0.05, 0.1) is 22.9 Å². The van der Waals surface area contributed by atoms with Crippen molar-refractivity contribution in [2.45, 2.75) is 42.7 Å². The Kier molecular flexibility index (Phi) is 6.14. The lowest BCUT2D eigenvalue weighted by Crippen LogP contribution is -2.48. The standard InChI is InChI=1S/C27H27F2N3O6S/c1-38-26-23-19(25(33)20(27(34)35)13-31(23)17-6-7-17)11-21(29)24(26)30-12-15-3-2-10-32(22(15)14-30)39(36,37)18-8-4-16(28)5-9-18/h4-5,8-9,11,13,15,17,22H,2-3,6-7,10,12,14H2,1H3,(H,34,35)/t15-,22+/m1/s1. The Hall–Kier alpha value is -3.51. The number of sulfonamides is 1. The van der Waals surface area contributed by atoms with E-state index < -0.39 is 44.7 Å². The average molecular weight is 560 g/mol. The molecule has 3 fully saturated rings. The van der Waals surface area contributed by atoms with Crippen molar-refractivity contribution in [3.05, 3.63) is 63.9 Å². The number of methoxy groups -OCH3 is 1. The van der Waals surface area contributed by atoms with Crippen LogP contribution in [-0.2, 0) is 10.0 Å². The third kappa shape index (κ3) is 4.17. The highest BCUT2D eigenvalue weighted by Crippen LogP contribution is 2.46. The first-order valence-electron chi connectivity index (χ1n) is 12.8. The van der Waals surface area contributed by atoms with Gasteiger partial charge >= 0.3 is 5.97 Å². The third-order valence-electron chi connectivity index (χ3n) is 8.04. The van der Waals surface area contributed by atoms with Gasteiger partial charge in [-0.25, -0.2) is 22.0 Å². The van der Waals surface area contributed by atoms with Crippen molar-refractivity contribution in [2.75, 3.05) is 31.6 Å². The van der Waals surface area contributed by atoms with Crippen LogP contribution in [0.3, 0.4) is 0 Å². The predicted octanol–water partition coefficient (Wildman–Crippen LogP) is 3.61. The van der Waals surface area contributed by atoms with Gasteiger partial charge in [-0.2, -0.15) is 4.31 Å². The van der Waals surface area contributed by atoms with E-state index in [0.717, 1.165) is 37.5 Å². The molecule has 0 amide bonds. The molecule has 2 aliphatic heterocycles. The molecular formula is C27H27F2N3O6S. The van der Waals surface area contributed by atoms with E-state index >= 15 is 4.39 Å². The van der Waals surface area contributed by atoms with Crippen molar-refractivity contribution in [3.63, 3.8) is 0 Å². The first kappa shape index (κ1) is 25.8. The summed E-state index contributed by atoms with van der Waals surface area (Å²) in [6.07, 6.45) is 4.26. The van der Waals surface area contributed by atoms with E-state index in [1.165, 1.54) is 29.7 Å². The molecule has 206 valence electrons. The van der Waals surface area contributed by atoms with Crippen LogP contribution < -0.4 is 15.1 Å². The molecule has 2 saturated heterocycles. The Bertz CT molecular complexity index is 1650. The number of nitrogens with zero attached hydrogens (tertiary/aromatic N) is 3. The predicted molar refractivity (Wildman–Crippen MR) is 139 cm³/mol. The summed E-state index contributed by atoms with van der Waals surface area (Å²) in [4.78, 5) is 26.5. The molecular weight excluding hydrogens is 532 g/mol. The minimum atomic E-state index is -3.91. The normalized spacial score (nSPS) is 21.8. The van der Waals surface area contributed by atoms with Gasteiger partial charge in [-0.05, 0) is 61.9 Å². The molecule has 1 saturated carbocycles. The zero-order chi connectivity index (χ0) is 27.6. The van der Waals surface area contributed by atoms with E-state index in [9.17, 15) is 27.5 Å². The summed E-state index contributed by atoms with van der Waals surface area (Å²) >= 11 is 0. The number of ether oxygens (including phenoxy) is 1. The van der Waals surface area contributed by atoms with Gasteiger partial charge in [0, 0.05) is 37.9 Å². The second-order valence-corrected chi connectivity index (χ2v) is 12.3. The van der Waals surface area contributed by atoms with Crippen molar-refractivity contribution in [1.29, 1.82) is 0 Å². The van der Waals surface area contributed by atoms with Crippen molar-refractivity contribution in [3.8, 4) is 5.75 Å². The number of anilines is 1. The van der Waals surface area contributed by atoms with Gasteiger partial charge in [-0.15, -0.1) is 0 Å². The summed E-state index contributed by atoms with van der Waals surface area (Å²) in [7, 11) is -2.54. The third-order valence-corrected chi connectivity index (χ3v) is 9.98. The van der Waals surface area contributed by atoms with Crippen LogP contribution in [0.25, 0.3) is 10.9 Å². The molecule has 0 bridgehead atoms. The summed E-state index contributed by atoms with van der Waals surface area (Å²) in [6.45, 7) is 0.871. The quantitative estimate of drug-likeness (QED) is 0.492. The summed E-state index contributed by atoms with van der Waals surface area (Å²) in [6, 6.07) is 5.31. The van der Waals surface area contributed by atoms with Crippen LogP contribution in [-0.4, -0.2) is 61.2 Å². The van der Waals surface area contributed by atoms with Crippen LogP contribution >= 0.6 is 0 Å². The lowest BCUT2D eigenvalue weighted by Gasteiger charge is -2.35. The number of halogens is 2. The lowest BCUT2D eigenvalue weighted by atomic mass is 9.94. The Labute approximate surface area is 223 Å². The van der Waals surface area contributed by atoms with Crippen molar-refractivity contribution < 1.29 is 31.8 Å². The highest BCUT2D eigenvalue weighted by atomic mass is 32.2. The van der Waals surface area contributed by atoms with E-state index in [-0.39, 0.29) is 40.2 Å². The van der Waals surface area contributed by atoms with Crippen molar-refractivity contribution in [2.24, 2.45) is 5.92 Å². The van der Waals surface area contributed by atoms with Crippen molar-refractivity contribution >= 4 is 32.6 Å². The van der Waals surface area contributed by atoms with Crippen molar-refractivity contribution in [1.82, 2.24) is 8.87 Å². The fourth-order valence-corrected chi connectivity index (χ4v) is 7.80. The number of benzene rings is 2. The second kappa shape index (κ2) is 9.30. The summed E-state index contributed by atoms with van der Waals surface area (Å²) < 4.78 is 65.1. The second-order valence-electron chi connectivity index (χ2n) is 10.4. The molecule has 0 radical (unpaired) electrons. The van der Waals surface area contributed by atoms with Crippen LogP contribution in [0.1, 0.15) is 42.1 Å². The molecule has 12 heteroatoms. The Morgan fingerprint density at radius 3 is 2.46 bits per heavy atom. The van der Waals surface area contributed by atoms with Gasteiger partial charge in [0.15, 0.2) is 11.6 Å². The molecule has 2 atom stereocenters. The highest BCUT2D eigenvalue weighted by Gasteiger charge is 2.45. The highest BCUT2D eigenvalue weighted by molar-refractivity contribution is 7.89. The minimum Gasteiger partial charge on any atom is -0.492 e. The fraction of sp³-hybridized carbons (Fsp3) is 0.407. The van der Waals surface area contributed by atoms with E-state index in [2.05, 4.69) is 0 Å². The van der Waals surface area contributed by atoms with E-state index in [1.54, 1.807) is 9.47 Å². The molecule has 3 aromatic rings. The molecule has 0 unspecified atom stereocenters. The number of carbonyl (C=O) groups is 1. The summed E-state index contributed by atoms with van der Waals surface area (Å²) in [5.74, 6) is -2.61. The first-order chi connectivity index (χ1) is 18.6. The van der Waals surface area contributed by atoms with Gasteiger partial charge in [0.2, 0.25) is 15.5 Å². The van der Waals surface area contributed by atoms with E-state index in [4.69, 9.17) is 4.74 Å². The molecule has 9 nitrogen and oxygen atoms in total. The zero-order valence-electron chi connectivity index (χ0n) is 21.1. The van der Waals surface area contributed by atoms with Gasteiger partial charge in [-0.1, -0.05) is 0 Å². The smallest absolute Gasteiger partial charge is 0.341 e. The summed E-state index contributed by atoms with van der Waals surface area (Å²) in [5.41, 5.74) is -0.769. The fourth-order valence-electron chi connectivity index (χ4n) is 6.09. The molecule has 3 aliphatic rings.